The van der Waals surface area contributed by atoms with E-state index < -0.39 is 0 Å². The first-order chi connectivity index (χ1) is 9.54. The van der Waals surface area contributed by atoms with Crippen LogP contribution in [0.15, 0.2) is 39.4 Å². The largest absolute Gasteiger partial charge is 0.484 e. The van der Waals surface area contributed by atoms with E-state index in [0.29, 0.717) is 17.7 Å². The molecule has 20 heavy (non-hydrogen) atoms. The molecule has 104 valence electrons. The second-order valence-corrected chi connectivity index (χ2v) is 6.42. The average Bonchev–Trinajstić information content (AvgIpc) is 2.39. The van der Waals surface area contributed by atoms with Crippen LogP contribution in [0.25, 0.3) is 0 Å². The summed E-state index contributed by atoms with van der Waals surface area (Å²) in [7, 11) is 0. The summed E-state index contributed by atoms with van der Waals surface area (Å²) >= 11 is 6.85. The predicted molar refractivity (Wildman–Crippen MR) is 81.0 cm³/mol. The lowest BCUT2D eigenvalue weighted by molar-refractivity contribution is 0.156. The van der Waals surface area contributed by atoms with Gasteiger partial charge in [0, 0.05) is 33.2 Å². The van der Waals surface area contributed by atoms with Gasteiger partial charge in [-0.2, -0.15) is 0 Å². The Hall–Kier alpha value is -0.980. The quantitative estimate of drug-likeness (QED) is 0.776. The lowest BCUT2D eigenvalue weighted by Crippen LogP contribution is -2.25. The zero-order chi connectivity index (χ0) is 14.3. The summed E-state index contributed by atoms with van der Waals surface area (Å²) < 4.78 is 20.9. The fourth-order valence-corrected chi connectivity index (χ4v) is 3.55. The first-order valence-electron chi connectivity index (χ1n) is 6.07. The lowest BCUT2D eigenvalue weighted by Gasteiger charge is -2.30. The van der Waals surface area contributed by atoms with E-state index in [0.717, 1.165) is 14.6 Å². The van der Waals surface area contributed by atoms with Gasteiger partial charge in [0.05, 0.1) is 5.69 Å². The molecule has 0 radical (unpaired) electrons. The van der Waals surface area contributed by atoms with Crippen LogP contribution in [0.5, 0.6) is 5.75 Å². The highest BCUT2D eigenvalue weighted by molar-refractivity contribution is 9.11. The van der Waals surface area contributed by atoms with Gasteiger partial charge < -0.3 is 10.5 Å². The van der Waals surface area contributed by atoms with Crippen LogP contribution in [0.3, 0.4) is 0 Å². The molecule has 2 heterocycles. The zero-order valence-corrected chi connectivity index (χ0v) is 13.5. The molecule has 0 saturated carbocycles. The maximum atomic E-state index is 13.3. The van der Waals surface area contributed by atoms with Crippen molar-refractivity contribution in [2.45, 2.75) is 18.6 Å². The Morgan fingerprint density at radius 3 is 2.85 bits per heavy atom. The summed E-state index contributed by atoms with van der Waals surface area (Å²) in [5.41, 5.74) is 7.62. The number of nitrogens with zero attached hydrogens (tertiary/aromatic N) is 1. The monoisotopic (exact) mass is 400 g/mol. The Bertz CT molecular complexity index is 666. The molecule has 1 aromatic heterocycles. The van der Waals surface area contributed by atoms with E-state index >= 15 is 0 Å². The van der Waals surface area contributed by atoms with E-state index in [4.69, 9.17) is 10.5 Å². The number of fused-ring (bicyclic) bond motifs is 1. The molecular weight excluding hydrogens is 391 g/mol. The molecule has 1 aliphatic heterocycles. The van der Waals surface area contributed by atoms with Gasteiger partial charge in [-0.05, 0) is 56.1 Å². The van der Waals surface area contributed by atoms with E-state index in [1.807, 2.05) is 6.07 Å². The molecule has 0 aliphatic carbocycles. The third kappa shape index (κ3) is 2.60. The number of halogens is 3. The van der Waals surface area contributed by atoms with Crippen LogP contribution < -0.4 is 10.5 Å². The molecule has 1 aromatic carbocycles. The summed E-state index contributed by atoms with van der Waals surface area (Å²) in [4.78, 5) is 4.38. The third-order valence-corrected chi connectivity index (χ3v) is 4.32. The molecule has 0 saturated heterocycles. The van der Waals surface area contributed by atoms with Gasteiger partial charge in [-0.25, -0.2) is 4.39 Å². The molecule has 2 N–H and O–H groups in total. The van der Waals surface area contributed by atoms with Crippen molar-refractivity contribution in [3.05, 3.63) is 56.5 Å². The summed E-state index contributed by atoms with van der Waals surface area (Å²) in [6, 6.07) is 6.07. The van der Waals surface area contributed by atoms with Crippen LogP contribution in [-0.2, 0) is 0 Å². The Morgan fingerprint density at radius 1 is 1.30 bits per heavy atom. The molecule has 6 heteroatoms. The van der Waals surface area contributed by atoms with E-state index in [1.54, 1.807) is 12.3 Å². The zero-order valence-electron chi connectivity index (χ0n) is 10.3. The first kappa shape index (κ1) is 14.0. The average molecular weight is 402 g/mol. The number of ether oxygens (including phenoxy) is 1. The van der Waals surface area contributed by atoms with Gasteiger partial charge in [0.2, 0.25) is 0 Å². The maximum absolute atomic E-state index is 13.3. The highest BCUT2D eigenvalue weighted by atomic mass is 79.9. The minimum Gasteiger partial charge on any atom is -0.484 e. The van der Waals surface area contributed by atoms with Crippen molar-refractivity contribution in [1.29, 1.82) is 0 Å². The van der Waals surface area contributed by atoms with Crippen LogP contribution in [0.4, 0.5) is 4.39 Å². The lowest BCUT2D eigenvalue weighted by atomic mass is 9.95. The summed E-state index contributed by atoms with van der Waals surface area (Å²) in [6.07, 6.45) is 2.03. The standard InChI is InChI=1S/C14H11Br2FN2O/c15-7-3-10(16)14(19-6-7)13-5-11(18)9-4-8(17)1-2-12(9)20-13/h1-4,6,11,13H,5,18H2/t11-,13?/m0/s1. The summed E-state index contributed by atoms with van der Waals surface area (Å²) in [6.45, 7) is 0. The molecule has 1 unspecified atom stereocenters. The number of hydrogen-bond acceptors (Lipinski definition) is 3. The molecule has 3 rings (SSSR count). The fraction of sp³-hybridized carbons (Fsp3) is 0.214. The molecule has 2 aromatic rings. The van der Waals surface area contributed by atoms with E-state index in [2.05, 4.69) is 36.8 Å². The van der Waals surface area contributed by atoms with Crippen LogP contribution in [0.2, 0.25) is 0 Å². The second kappa shape index (κ2) is 5.42. The van der Waals surface area contributed by atoms with Gasteiger partial charge in [-0.1, -0.05) is 0 Å². The number of pyridine rings is 1. The number of aromatic nitrogens is 1. The Balaban J connectivity index is 1.97. The van der Waals surface area contributed by atoms with E-state index in [1.165, 1.54) is 12.1 Å². The van der Waals surface area contributed by atoms with Crippen molar-refractivity contribution >= 4 is 31.9 Å². The van der Waals surface area contributed by atoms with E-state index in [9.17, 15) is 4.39 Å². The number of hydrogen-bond donors (Lipinski definition) is 1. The van der Waals surface area contributed by atoms with E-state index in [-0.39, 0.29) is 18.0 Å². The van der Waals surface area contributed by atoms with Gasteiger partial charge >= 0.3 is 0 Å². The molecule has 0 fully saturated rings. The number of rotatable bonds is 1. The molecule has 1 aliphatic rings. The number of benzene rings is 1. The van der Waals surface area contributed by atoms with Crippen LogP contribution in [0.1, 0.15) is 29.8 Å². The Kier molecular flexibility index (Phi) is 3.79. The molecular formula is C14H11Br2FN2O. The van der Waals surface area contributed by atoms with Crippen LogP contribution in [-0.4, -0.2) is 4.98 Å². The van der Waals surface area contributed by atoms with Crippen molar-refractivity contribution in [3.63, 3.8) is 0 Å². The topological polar surface area (TPSA) is 48.1 Å². The smallest absolute Gasteiger partial charge is 0.143 e. The highest BCUT2D eigenvalue weighted by Gasteiger charge is 2.29. The van der Waals surface area contributed by atoms with Gasteiger partial charge in [-0.3, -0.25) is 4.98 Å². The molecule has 0 spiro atoms. The van der Waals surface area contributed by atoms with Crippen molar-refractivity contribution in [2.24, 2.45) is 5.73 Å². The van der Waals surface area contributed by atoms with Crippen LogP contribution >= 0.6 is 31.9 Å². The van der Waals surface area contributed by atoms with Crippen molar-refractivity contribution in [2.75, 3.05) is 0 Å². The third-order valence-electron chi connectivity index (χ3n) is 3.25. The fourth-order valence-electron chi connectivity index (χ4n) is 2.30. The Labute approximate surface area is 132 Å². The minimum absolute atomic E-state index is 0.245. The van der Waals surface area contributed by atoms with Crippen molar-refractivity contribution in [3.8, 4) is 5.75 Å². The number of nitrogens with two attached hydrogens (primary N) is 1. The van der Waals surface area contributed by atoms with Gasteiger partial charge in [0.1, 0.15) is 17.7 Å². The van der Waals surface area contributed by atoms with Gasteiger partial charge in [0.25, 0.3) is 0 Å². The normalized spacial score (nSPS) is 21.2. The molecule has 2 atom stereocenters. The van der Waals surface area contributed by atoms with Crippen molar-refractivity contribution < 1.29 is 9.13 Å². The van der Waals surface area contributed by atoms with Crippen LogP contribution in [0, 0.1) is 5.82 Å². The van der Waals surface area contributed by atoms with Gasteiger partial charge in [-0.15, -0.1) is 0 Å². The maximum Gasteiger partial charge on any atom is 0.143 e. The second-order valence-electron chi connectivity index (χ2n) is 4.65. The van der Waals surface area contributed by atoms with Crippen molar-refractivity contribution in [1.82, 2.24) is 4.98 Å². The highest BCUT2D eigenvalue weighted by Crippen LogP contribution is 2.41. The molecule has 3 nitrogen and oxygen atoms in total. The Morgan fingerprint density at radius 2 is 2.10 bits per heavy atom. The predicted octanol–water partition coefficient (Wildman–Crippen LogP) is 4.27. The molecule has 0 bridgehead atoms. The van der Waals surface area contributed by atoms with Gasteiger partial charge in [0.15, 0.2) is 0 Å². The summed E-state index contributed by atoms with van der Waals surface area (Å²) in [5, 5.41) is 0. The molecule has 0 amide bonds. The minimum atomic E-state index is -0.302. The summed E-state index contributed by atoms with van der Waals surface area (Å²) in [5.74, 6) is 0.316. The first-order valence-corrected chi connectivity index (χ1v) is 7.66. The SMILES string of the molecule is N[C@H]1CC(c2ncc(Br)cc2Br)Oc2ccc(F)cc21.